The molecule has 2 aromatic heterocycles. The normalized spacial score (nSPS) is 12.4. The molecule has 0 radical (unpaired) electrons. The Hall–Kier alpha value is -1.76. The lowest BCUT2D eigenvalue weighted by Crippen LogP contribution is -2.23. The smallest absolute Gasteiger partial charge is 0.237 e. The average Bonchev–Trinajstić information content (AvgIpc) is 2.95. The Bertz CT molecular complexity index is 762. The molecule has 2 heterocycles. The fourth-order valence-electron chi connectivity index (χ4n) is 2.68. The van der Waals surface area contributed by atoms with Gasteiger partial charge in [-0.1, -0.05) is 25.1 Å². The van der Waals surface area contributed by atoms with Crippen molar-refractivity contribution in [2.45, 2.75) is 71.3 Å². The summed E-state index contributed by atoms with van der Waals surface area (Å²) in [6.45, 7) is 13.0. The van der Waals surface area contributed by atoms with Crippen molar-refractivity contribution in [3.05, 3.63) is 22.8 Å². The second-order valence-electron chi connectivity index (χ2n) is 6.49. The standard InChI is InChI=1S/C18H29N5OS/c1-8-9-10-23-13(4)11(2)19-18(23)25-15(6)17(24)20-16-12(3)21-22(7)14(16)5/h15H,8-10H2,1-7H3,(H,20,24). The third kappa shape index (κ3) is 4.26. The van der Waals surface area contributed by atoms with E-state index < -0.39 is 0 Å². The van der Waals surface area contributed by atoms with E-state index in [2.05, 4.69) is 33.8 Å². The van der Waals surface area contributed by atoms with Crippen LogP contribution in [0, 0.1) is 27.7 Å². The Kier molecular flexibility index (Phi) is 6.32. The minimum absolute atomic E-state index is 0.0236. The van der Waals surface area contributed by atoms with Crippen LogP contribution in [0.3, 0.4) is 0 Å². The zero-order valence-electron chi connectivity index (χ0n) is 16.3. The van der Waals surface area contributed by atoms with Gasteiger partial charge in [0.05, 0.1) is 28.0 Å². The van der Waals surface area contributed by atoms with E-state index in [0.717, 1.165) is 47.3 Å². The average molecular weight is 364 g/mol. The molecule has 0 bridgehead atoms. The van der Waals surface area contributed by atoms with Crippen LogP contribution in [0.5, 0.6) is 0 Å². The van der Waals surface area contributed by atoms with Crippen molar-refractivity contribution in [3.8, 4) is 0 Å². The summed E-state index contributed by atoms with van der Waals surface area (Å²) in [5, 5.41) is 8.06. The van der Waals surface area contributed by atoms with Crippen molar-refractivity contribution >= 4 is 23.4 Å². The summed E-state index contributed by atoms with van der Waals surface area (Å²) in [6, 6.07) is 0. The highest BCUT2D eigenvalue weighted by Gasteiger charge is 2.21. The number of nitrogens with zero attached hydrogens (tertiary/aromatic N) is 4. The molecular formula is C18H29N5OS. The molecule has 7 heteroatoms. The van der Waals surface area contributed by atoms with Crippen LogP contribution in [0.1, 0.15) is 49.5 Å². The van der Waals surface area contributed by atoms with E-state index in [0.29, 0.717) is 0 Å². The zero-order chi connectivity index (χ0) is 18.7. The van der Waals surface area contributed by atoms with Gasteiger partial charge in [0.25, 0.3) is 0 Å². The minimum atomic E-state index is -0.236. The molecule has 138 valence electrons. The maximum atomic E-state index is 12.6. The highest BCUT2D eigenvalue weighted by molar-refractivity contribution is 8.00. The molecule has 1 amide bonds. The number of carbonyl (C=O) groups excluding carboxylic acids is 1. The number of aromatic nitrogens is 4. The molecule has 0 aromatic carbocycles. The second kappa shape index (κ2) is 8.08. The van der Waals surface area contributed by atoms with E-state index in [1.54, 1.807) is 4.68 Å². The van der Waals surface area contributed by atoms with Crippen LogP contribution in [-0.4, -0.2) is 30.5 Å². The molecule has 25 heavy (non-hydrogen) atoms. The summed E-state index contributed by atoms with van der Waals surface area (Å²) in [5.41, 5.74) is 4.81. The van der Waals surface area contributed by atoms with Crippen molar-refractivity contribution < 1.29 is 4.79 Å². The van der Waals surface area contributed by atoms with Gasteiger partial charge in [-0.25, -0.2) is 4.98 Å². The minimum Gasteiger partial charge on any atom is -0.323 e. The number of anilines is 1. The number of thioether (sulfide) groups is 1. The highest BCUT2D eigenvalue weighted by atomic mass is 32.2. The maximum Gasteiger partial charge on any atom is 0.237 e. The molecule has 0 saturated heterocycles. The monoisotopic (exact) mass is 363 g/mol. The molecule has 0 aliphatic heterocycles. The SMILES string of the molecule is CCCCn1c(SC(C)C(=O)Nc2c(C)nn(C)c2C)nc(C)c1C. The van der Waals surface area contributed by atoms with Crippen molar-refractivity contribution in [1.29, 1.82) is 0 Å². The summed E-state index contributed by atoms with van der Waals surface area (Å²) in [5.74, 6) is -0.0236. The fourth-order valence-corrected chi connectivity index (χ4v) is 3.71. The Morgan fingerprint density at radius 2 is 1.88 bits per heavy atom. The summed E-state index contributed by atoms with van der Waals surface area (Å²) in [7, 11) is 1.88. The number of rotatable bonds is 7. The largest absolute Gasteiger partial charge is 0.323 e. The summed E-state index contributed by atoms with van der Waals surface area (Å²) < 4.78 is 4.01. The van der Waals surface area contributed by atoms with Crippen LogP contribution < -0.4 is 5.32 Å². The van der Waals surface area contributed by atoms with E-state index in [1.165, 1.54) is 17.5 Å². The first-order valence-electron chi connectivity index (χ1n) is 8.77. The zero-order valence-corrected chi connectivity index (χ0v) is 17.1. The van der Waals surface area contributed by atoms with Gasteiger partial charge >= 0.3 is 0 Å². The van der Waals surface area contributed by atoms with Gasteiger partial charge in [-0.15, -0.1) is 0 Å². The van der Waals surface area contributed by atoms with Gasteiger partial charge < -0.3 is 9.88 Å². The van der Waals surface area contributed by atoms with Crippen molar-refractivity contribution in [1.82, 2.24) is 19.3 Å². The number of unbranched alkanes of at least 4 members (excludes halogenated alkanes) is 1. The molecule has 0 fully saturated rings. The van der Waals surface area contributed by atoms with E-state index in [9.17, 15) is 4.79 Å². The number of imidazole rings is 1. The summed E-state index contributed by atoms with van der Waals surface area (Å²) in [4.78, 5) is 17.3. The van der Waals surface area contributed by atoms with Crippen molar-refractivity contribution in [2.24, 2.45) is 7.05 Å². The molecule has 2 rings (SSSR count). The quantitative estimate of drug-likeness (QED) is 0.761. The Labute approximate surface area is 154 Å². The van der Waals surface area contributed by atoms with E-state index in [1.807, 2.05) is 34.7 Å². The van der Waals surface area contributed by atoms with Crippen LogP contribution in [-0.2, 0) is 18.4 Å². The highest BCUT2D eigenvalue weighted by Crippen LogP contribution is 2.27. The predicted octanol–water partition coefficient (Wildman–Crippen LogP) is 3.77. The number of amides is 1. The first-order chi connectivity index (χ1) is 11.8. The van der Waals surface area contributed by atoms with Crippen molar-refractivity contribution in [3.63, 3.8) is 0 Å². The van der Waals surface area contributed by atoms with E-state index in [4.69, 9.17) is 0 Å². The van der Waals surface area contributed by atoms with Crippen LogP contribution in [0.25, 0.3) is 0 Å². The number of carbonyl (C=O) groups is 1. The van der Waals surface area contributed by atoms with Gasteiger partial charge in [0, 0.05) is 19.3 Å². The topological polar surface area (TPSA) is 64.7 Å². The number of nitrogens with one attached hydrogen (secondary N) is 1. The van der Waals surface area contributed by atoms with Gasteiger partial charge in [0.1, 0.15) is 0 Å². The fraction of sp³-hybridized carbons (Fsp3) is 0.611. The number of hydrogen-bond acceptors (Lipinski definition) is 4. The molecular weight excluding hydrogens is 334 g/mol. The van der Waals surface area contributed by atoms with Gasteiger partial charge in [-0.2, -0.15) is 5.10 Å². The Morgan fingerprint density at radius 1 is 1.20 bits per heavy atom. The first kappa shape index (κ1) is 19.6. The van der Waals surface area contributed by atoms with E-state index >= 15 is 0 Å². The van der Waals surface area contributed by atoms with Crippen molar-refractivity contribution in [2.75, 3.05) is 5.32 Å². The molecule has 1 atom stereocenters. The molecule has 6 nitrogen and oxygen atoms in total. The van der Waals surface area contributed by atoms with Gasteiger partial charge in [-0.05, 0) is 41.0 Å². The van der Waals surface area contributed by atoms with Crippen LogP contribution >= 0.6 is 11.8 Å². The third-order valence-electron chi connectivity index (χ3n) is 4.57. The summed E-state index contributed by atoms with van der Waals surface area (Å²) >= 11 is 1.51. The van der Waals surface area contributed by atoms with Gasteiger partial charge in [0.2, 0.25) is 5.91 Å². The van der Waals surface area contributed by atoms with Crippen LogP contribution in [0.2, 0.25) is 0 Å². The lowest BCUT2D eigenvalue weighted by Gasteiger charge is -2.14. The lowest BCUT2D eigenvalue weighted by atomic mass is 10.3. The second-order valence-corrected chi connectivity index (χ2v) is 7.80. The third-order valence-corrected chi connectivity index (χ3v) is 5.66. The molecule has 1 unspecified atom stereocenters. The Balaban J connectivity index is 2.12. The van der Waals surface area contributed by atoms with E-state index in [-0.39, 0.29) is 11.2 Å². The lowest BCUT2D eigenvalue weighted by molar-refractivity contribution is -0.115. The first-order valence-corrected chi connectivity index (χ1v) is 9.65. The molecule has 0 saturated carbocycles. The summed E-state index contributed by atoms with van der Waals surface area (Å²) in [6.07, 6.45) is 2.25. The molecule has 2 aromatic rings. The molecule has 0 aliphatic carbocycles. The number of aryl methyl sites for hydroxylation is 3. The Morgan fingerprint density at radius 3 is 2.44 bits per heavy atom. The van der Waals surface area contributed by atoms with Crippen LogP contribution in [0.15, 0.2) is 5.16 Å². The molecule has 0 spiro atoms. The van der Waals surface area contributed by atoms with Crippen LogP contribution in [0.4, 0.5) is 5.69 Å². The predicted molar refractivity (Wildman–Crippen MR) is 103 cm³/mol. The molecule has 0 aliphatic rings. The van der Waals surface area contributed by atoms with Gasteiger partial charge in [-0.3, -0.25) is 9.48 Å². The van der Waals surface area contributed by atoms with Gasteiger partial charge in [0.15, 0.2) is 5.16 Å². The maximum absolute atomic E-state index is 12.6. The molecule has 1 N–H and O–H groups in total. The number of hydrogen-bond donors (Lipinski definition) is 1.